The topological polar surface area (TPSA) is 71.4 Å². The van der Waals surface area contributed by atoms with Crippen LogP contribution in [0.15, 0.2) is 36.4 Å². The van der Waals surface area contributed by atoms with Crippen LogP contribution >= 0.6 is 11.6 Å². The number of carboxylic acids is 1. The molecule has 110 valence electrons. The number of hydrogen-bond acceptors (Lipinski definition) is 3. The lowest BCUT2D eigenvalue weighted by Gasteiger charge is -2.03. The molecule has 0 amide bonds. The summed E-state index contributed by atoms with van der Waals surface area (Å²) in [5.41, 5.74) is 0.712. The Bertz CT molecular complexity index is 561. The Kier molecular flexibility index (Phi) is 6.75. The summed E-state index contributed by atoms with van der Waals surface area (Å²) in [7, 11) is -3.16. The fraction of sp³-hybridized carbons (Fsp3) is 0.357. The highest BCUT2D eigenvalue weighted by Gasteiger charge is 2.10. The van der Waals surface area contributed by atoms with E-state index in [2.05, 4.69) is 0 Å². The van der Waals surface area contributed by atoms with Gasteiger partial charge in [-0.15, -0.1) is 0 Å². The molecule has 1 aromatic carbocycles. The van der Waals surface area contributed by atoms with Gasteiger partial charge < -0.3 is 5.11 Å². The van der Waals surface area contributed by atoms with Gasteiger partial charge >= 0.3 is 5.97 Å². The molecule has 0 spiro atoms. The number of allylic oxidation sites excluding steroid dienone is 2. The third-order valence-corrected chi connectivity index (χ3v) is 4.47. The first kappa shape index (κ1) is 16.7. The maximum atomic E-state index is 11.9. The predicted molar refractivity (Wildman–Crippen MR) is 79.6 cm³/mol. The summed E-state index contributed by atoms with van der Waals surface area (Å²) in [5.74, 6) is -0.809. The zero-order valence-corrected chi connectivity index (χ0v) is 12.5. The third kappa shape index (κ3) is 7.31. The van der Waals surface area contributed by atoms with Gasteiger partial charge in [0.1, 0.15) is 0 Å². The SMILES string of the molecule is O=C(O)CC/C=C/CCS(=O)(=O)Cc1ccc(Cl)cc1. The van der Waals surface area contributed by atoms with Crippen molar-refractivity contribution in [3.8, 4) is 0 Å². The second kappa shape index (κ2) is 8.07. The van der Waals surface area contributed by atoms with Crippen molar-refractivity contribution < 1.29 is 18.3 Å². The Morgan fingerprint density at radius 3 is 2.35 bits per heavy atom. The molecule has 0 radical (unpaired) electrons. The van der Waals surface area contributed by atoms with E-state index in [1.165, 1.54) is 0 Å². The normalized spacial score (nSPS) is 11.8. The zero-order chi connectivity index (χ0) is 15.0. The molecule has 0 unspecified atom stereocenters. The largest absolute Gasteiger partial charge is 0.481 e. The number of carbonyl (C=O) groups is 1. The molecule has 4 nitrogen and oxygen atoms in total. The maximum absolute atomic E-state index is 11.9. The number of carboxylic acid groups (broad SMARTS) is 1. The lowest BCUT2D eigenvalue weighted by atomic mass is 10.2. The second-order valence-corrected chi connectivity index (χ2v) is 7.03. The Labute approximate surface area is 124 Å². The molecule has 1 rings (SSSR count). The third-order valence-electron chi connectivity index (χ3n) is 2.59. The summed E-state index contributed by atoms with van der Waals surface area (Å²) in [5, 5.41) is 9.02. The summed E-state index contributed by atoms with van der Waals surface area (Å²) in [6.07, 6.45) is 4.30. The van der Waals surface area contributed by atoms with Crippen molar-refractivity contribution in [2.24, 2.45) is 0 Å². The number of sulfone groups is 1. The van der Waals surface area contributed by atoms with E-state index < -0.39 is 15.8 Å². The summed E-state index contributed by atoms with van der Waals surface area (Å²) in [6.45, 7) is 0. The maximum Gasteiger partial charge on any atom is 0.303 e. The van der Waals surface area contributed by atoms with Crippen LogP contribution in [0.1, 0.15) is 24.8 Å². The Balaban J connectivity index is 2.38. The molecule has 20 heavy (non-hydrogen) atoms. The predicted octanol–water partition coefficient (Wildman–Crippen LogP) is 3.07. The lowest BCUT2D eigenvalue weighted by Crippen LogP contribution is -2.08. The quantitative estimate of drug-likeness (QED) is 0.748. The van der Waals surface area contributed by atoms with Gasteiger partial charge in [0.2, 0.25) is 0 Å². The second-order valence-electron chi connectivity index (χ2n) is 4.41. The minimum atomic E-state index is -3.16. The van der Waals surface area contributed by atoms with Crippen molar-refractivity contribution >= 4 is 27.4 Å². The smallest absolute Gasteiger partial charge is 0.303 e. The molecule has 0 bridgehead atoms. The molecule has 0 saturated carbocycles. The van der Waals surface area contributed by atoms with Gasteiger partial charge in [-0.1, -0.05) is 35.9 Å². The molecular weight excluding hydrogens is 300 g/mol. The van der Waals surface area contributed by atoms with Gasteiger partial charge in [0.25, 0.3) is 0 Å². The van der Waals surface area contributed by atoms with Gasteiger partial charge in [-0.2, -0.15) is 0 Å². The molecule has 1 aromatic rings. The van der Waals surface area contributed by atoms with Crippen LogP contribution < -0.4 is 0 Å². The Hall–Kier alpha value is -1.33. The molecule has 0 aliphatic rings. The van der Waals surface area contributed by atoms with Crippen molar-refractivity contribution in [1.29, 1.82) is 0 Å². The minimum absolute atomic E-state index is 0.00681. The van der Waals surface area contributed by atoms with E-state index >= 15 is 0 Å². The van der Waals surface area contributed by atoms with E-state index in [9.17, 15) is 13.2 Å². The van der Waals surface area contributed by atoms with Crippen LogP contribution in [0.25, 0.3) is 0 Å². The van der Waals surface area contributed by atoms with Crippen LogP contribution in [0.3, 0.4) is 0 Å². The van der Waals surface area contributed by atoms with E-state index in [0.717, 1.165) is 0 Å². The molecule has 0 heterocycles. The Morgan fingerprint density at radius 2 is 1.75 bits per heavy atom. The molecular formula is C14H17ClO4S. The zero-order valence-electron chi connectivity index (χ0n) is 11.0. The fourth-order valence-corrected chi connectivity index (χ4v) is 3.06. The van der Waals surface area contributed by atoms with E-state index in [-0.39, 0.29) is 17.9 Å². The van der Waals surface area contributed by atoms with Crippen molar-refractivity contribution in [3.05, 3.63) is 47.0 Å². The lowest BCUT2D eigenvalue weighted by molar-refractivity contribution is -0.136. The van der Waals surface area contributed by atoms with Gasteiger partial charge in [-0.3, -0.25) is 4.79 Å². The van der Waals surface area contributed by atoms with Crippen LogP contribution in [0.5, 0.6) is 0 Å². The van der Waals surface area contributed by atoms with Crippen molar-refractivity contribution in [3.63, 3.8) is 0 Å². The van der Waals surface area contributed by atoms with Crippen LogP contribution in [0.2, 0.25) is 5.02 Å². The van der Waals surface area contributed by atoms with Gasteiger partial charge in [-0.05, 0) is 30.5 Å². The van der Waals surface area contributed by atoms with Crippen molar-refractivity contribution in [2.45, 2.75) is 25.0 Å². The molecule has 0 saturated heterocycles. The number of rotatable bonds is 8. The average Bonchev–Trinajstić information content (AvgIpc) is 2.36. The molecule has 0 fully saturated rings. The monoisotopic (exact) mass is 316 g/mol. The van der Waals surface area contributed by atoms with Crippen LogP contribution in [-0.2, 0) is 20.4 Å². The van der Waals surface area contributed by atoms with Crippen LogP contribution in [0, 0.1) is 0 Å². The minimum Gasteiger partial charge on any atom is -0.481 e. The fourth-order valence-electron chi connectivity index (χ4n) is 1.60. The van der Waals surface area contributed by atoms with Crippen molar-refractivity contribution in [2.75, 3.05) is 5.75 Å². The van der Waals surface area contributed by atoms with E-state index in [0.29, 0.717) is 23.4 Å². The van der Waals surface area contributed by atoms with E-state index in [4.69, 9.17) is 16.7 Å². The van der Waals surface area contributed by atoms with Gasteiger partial charge in [0, 0.05) is 11.4 Å². The van der Waals surface area contributed by atoms with E-state index in [1.807, 2.05) is 0 Å². The molecule has 1 N–H and O–H groups in total. The standard InChI is InChI=1S/C14H17ClO4S/c15-13-8-6-12(7-9-13)11-20(18,19)10-4-2-1-3-5-14(16)17/h1-2,6-9H,3-5,10-11H2,(H,16,17)/b2-1+. The van der Waals surface area contributed by atoms with Crippen LogP contribution in [-0.4, -0.2) is 25.2 Å². The van der Waals surface area contributed by atoms with Crippen LogP contribution in [0.4, 0.5) is 0 Å². The highest BCUT2D eigenvalue weighted by atomic mass is 35.5. The first-order valence-corrected chi connectivity index (χ1v) is 8.41. The van der Waals surface area contributed by atoms with E-state index in [1.54, 1.807) is 36.4 Å². The first-order chi connectivity index (χ1) is 9.39. The summed E-state index contributed by atoms with van der Waals surface area (Å²) >= 11 is 5.74. The van der Waals surface area contributed by atoms with Gasteiger partial charge in [0.05, 0.1) is 11.5 Å². The molecule has 0 aromatic heterocycles. The average molecular weight is 317 g/mol. The number of aliphatic carboxylic acids is 1. The number of halogens is 1. The summed E-state index contributed by atoms with van der Waals surface area (Å²) in [6, 6.07) is 6.72. The highest BCUT2D eigenvalue weighted by molar-refractivity contribution is 7.90. The molecule has 0 aliphatic carbocycles. The molecule has 0 aliphatic heterocycles. The molecule has 6 heteroatoms. The number of hydrogen-bond donors (Lipinski definition) is 1. The van der Waals surface area contributed by atoms with Gasteiger partial charge in [0.15, 0.2) is 9.84 Å². The Morgan fingerprint density at radius 1 is 1.15 bits per heavy atom. The highest BCUT2D eigenvalue weighted by Crippen LogP contribution is 2.13. The van der Waals surface area contributed by atoms with Gasteiger partial charge in [-0.25, -0.2) is 8.42 Å². The summed E-state index contributed by atoms with van der Waals surface area (Å²) in [4.78, 5) is 10.3. The first-order valence-electron chi connectivity index (χ1n) is 6.21. The number of benzene rings is 1. The summed E-state index contributed by atoms with van der Waals surface area (Å²) < 4.78 is 23.7. The van der Waals surface area contributed by atoms with Crippen molar-refractivity contribution in [1.82, 2.24) is 0 Å². The molecule has 0 atom stereocenters.